The normalized spacial score (nSPS) is 14.1. The van der Waals surface area contributed by atoms with E-state index < -0.39 is 0 Å². The lowest BCUT2D eigenvalue weighted by Crippen LogP contribution is -2.26. The molecule has 0 fully saturated rings. The van der Waals surface area contributed by atoms with E-state index >= 15 is 0 Å². The average molecular weight is 281 g/mol. The zero-order chi connectivity index (χ0) is 15.0. The smallest absolute Gasteiger partial charge is 0.131 e. The van der Waals surface area contributed by atoms with E-state index in [1.807, 2.05) is 13.0 Å². The Morgan fingerprint density at radius 1 is 1.30 bits per heavy atom. The first-order valence-electron chi connectivity index (χ1n) is 7.69. The van der Waals surface area contributed by atoms with Gasteiger partial charge in [0.1, 0.15) is 11.6 Å². The molecule has 1 aromatic carbocycles. The molecule has 1 rings (SSSR count). The maximum absolute atomic E-state index is 14.0. The highest BCUT2D eigenvalue weighted by Gasteiger charge is 2.13. The van der Waals surface area contributed by atoms with Gasteiger partial charge in [-0.25, -0.2) is 4.39 Å². The van der Waals surface area contributed by atoms with Crippen molar-refractivity contribution in [3.8, 4) is 5.75 Å². The number of hydrogen-bond donors (Lipinski definition) is 1. The first kappa shape index (κ1) is 17.0. The molecule has 2 atom stereocenters. The molecule has 1 N–H and O–H groups in total. The molecule has 0 bridgehead atoms. The van der Waals surface area contributed by atoms with Gasteiger partial charge in [-0.3, -0.25) is 0 Å². The van der Waals surface area contributed by atoms with Gasteiger partial charge >= 0.3 is 0 Å². The molecular weight excluding hydrogens is 253 g/mol. The van der Waals surface area contributed by atoms with Crippen molar-refractivity contribution >= 4 is 0 Å². The third-order valence-electron chi connectivity index (χ3n) is 3.93. The van der Waals surface area contributed by atoms with Gasteiger partial charge in [0, 0.05) is 17.7 Å². The molecule has 0 saturated heterocycles. The zero-order valence-electron chi connectivity index (χ0n) is 13.2. The number of rotatable bonds is 9. The van der Waals surface area contributed by atoms with Crippen LogP contribution in [0, 0.1) is 11.7 Å². The fourth-order valence-electron chi connectivity index (χ4n) is 2.38. The van der Waals surface area contributed by atoms with Crippen LogP contribution >= 0.6 is 0 Å². The fourth-order valence-corrected chi connectivity index (χ4v) is 2.38. The predicted octanol–water partition coefficient (Wildman–Crippen LogP) is 4.70. The first-order valence-corrected chi connectivity index (χ1v) is 7.69. The highest BCUT2D eigenvalue weighted by atomic mass is 19.1. The molecule has 0 aliphatic carbocycles. The Kier molecular flexibility index (Phi) is 7.60. The Labute approximate surface area is 122 Å². The van der Waals surface area contributed by atoms with E-state index in [1.54, 1.807) is 13.2 Å². The maximum atomic E-state index is 14.0. The number of ether oxygens (including phenoxy) is 1. The van der Waals surface area contributed by atoms with Crippen molar-refractivity contribution in [3.05, 3.63) is 29.6 Å². The zero-order valence-corrected chi connectivity index (χ0v) is 13.2. The minimum Gasteiger partial charge on any atom is -0.497 e. The average Bonchev–Trinajstić information content (AvgIpc) is 2.47. The summed E-state index contributed by atoms with van der Waals surface area (Å²) in [6.07, 6.45) is 4.92. The highest BCUT2D eigenvalue weighted by molar-refractivity contribution is 5.30. The topological polar surface area (TPSA) is 21.3 Å². The second-order valence-electron chi connectivity index (χ2n) is 5.43. The van der Waals surface area contributed by atoms with Crippen LogP contribution in [0.3, 0.4) is 0 Å². The number of nitrogens with one attached hydrogen (secondary N) is 1. The summed E-state index contributed by atoms with van der Waals surface area (Å²) in [5.74, 6) is 1.04. The van der Waals surface area contributed by atoms with E-state index in [2.05, 4.69) is 19.2 Å². The number of halogens is 1. The molecule has 114 valence electrons. The lowest BCUT2D eigenvalue weighted by atomic mass is 9.98. The van der Waals surface area contributed by atoms with Gasteiger partial charge in [-0.2, -0.15) is 0 Å². The van der Waals surface area contributed by atoms with E-state index in [4.69, 9.17) is 4.74 Å². The second-order valence-corrected chi connectivity index (χ2v) is 5.43. The van der Waals surface area contributed by atoms with Crippen LogP contribution in [0.2, 0.25) is 0 Å². The van der Waals surface area contributed by atoms with E-state index in [-0.39, 0.29) is 11.9 Å². The highest BCUT2D eigenvalue weighted by Crippen LogP contribution is 2.22. The minimum absolute atomic E-state index is 0.0246. The van der Waals surface area contributed by atoms with Crippen LogP contribution < -0.4 is 10.1 Å². The molecule has 0 heterocycles. The number of methoxy groups -OCH3 is 1. The largest absolute Gasteiger partial charge is 0.497 e. The molecule has 0 radical (unpaired) electrons. The van der Waals surface area contributed by atoms with Crippen LogP contribution in [0.5, 0.6) is 5.75 Å². The molecule has 3 heteroatoms. The van der Waals surface area contributed by atoms with Gasteiger partial charge in [-0.15, -0.1) is 0 Å². The van der Waals surface area contributed by atoms with E-state index in [0.717, 1.165) is 6.54 Å². The molecule has 2 nitrogen and oxygen atoms in total. The Bertz CT molecular complexity index is 395. The standard InChI is InChI=1S/C17H28FNO/c1-5-7-8-14(6-2)12-19-13(3)16-10-9-15(20-4)11-17(16)18/h9-11,13-14,19H,5-8,12H2,1-4H3. The summed E-state index contributed by atoms with van der Waals surface area (Å²) >= 11 is 0. The van der Waals surface area contributed by atoms with Crippen molar-refractivity contribution < 1.29 is 9.13 Å². The molecule has 0 aliphatic heterocycles. The van der Waals surface area contributed by atoms with Crippen LogP contribution in [0.4, 0.5) is 4.39 Å². The van der Waals surface area contributed by atoms with Gasteiger partial charge in [0.15, 0.2) is 0 Å². The minimum atomic E-state index is -0.203. The second kappa shape index (κ2) is 8.96. The molecule has 0 spiro atoms. The summed E-state index contributed by atoms with van der Waals surface area (Å²) in [5.41, 5.74) is 0.705. The number of hydrogen-bond acceptors (Lipinski definition) is 2. The Morgan fingerprint density at radius 3 is 2.60 bits per heavy atom. The van der Waals surface area contributed by atoms with Gasteiger partial charge in [-0.1, -0.05) is 39.2 Å². The van der Waals surface area contributed by atoms with Gasteiger partial charge in [0.25, 0.3) is 0 Å². The van der Waals surface area contributed by atoms with Crippen LogP contribution in [-0.4, -0.2) is 13.7 Å². The molecule has 0 aromatic heterocycles. The third-order valence-corrected chi connectivity index (χ3v) is 3.93. The maximum Gasteiger partial charge on any atom is 0.131 e. The summed E-state index contributed by atoms with van der Waals surface area (Å²) in [6, 6.07) is 5.09. The van der Waals surface area contributed by atoms with Crippen LogP contribution in [0.15, 0.2) is 18.2 Å². The SMILES string of the molecule is CCCCC(CC)CNC(C)c1ccc(OC)cc1F. The molecule has 1 aromatic rings. The summed E-state index contributed by atoms with van der Waals surface area (Å²) in [7, 11) is 1.55. The van der Waals surface area contributed by atoms with E-state index in [9.17, 15) is 4.39 Å². The van der Waals surface area contributed by atoms with Gasteiger partial charge in [-0.05, 0) is 31.9 Å². The quantitative estimate of drug-likeness (QED) is 0.708. The Hall–Kier alpha value is -1.09. The van der Waals surface area contributed by atoms with Crippen molar-refractivity contribution in [2.24, 2.45) is 5.92 Å². The van der Waals surface area contributed by atoms with Crippen molar-refractivity contribution in [2.45, 2.75) is 52.5 Å². The van der Waals surface area contributed by atoms with Crippen LogP contribution in [-0.2, 0) is 0 Å². The van der Waals surface area contributed by atoms with Crippen LogP contribution in [0.1, 0.15) is 58.1 Å². The van der Waals surface area contributed by atoms with Crippen LogP contribution in [0.25, 0.3) is 0 Å². The van der Waals surface area contributed by atoms with Crippen molar-refractivity contribution in [2.75, 3.05) is 13.7 Å². The lowest BCUT2D eigenvalue weighted by Gasteiger charge is -2.20. The fraction of sp³-hybridized carbons (Fsp3) is 0.647. The lowest BCUT2D eigenvalue weighted by molar-refractivity contribution is 0.391. The molecule has 0 saturated carbocycles. The van der Waals surface area contributed by atoms with E-state index in [0.29, 0.717) is 17.2 Å². The number of benzene rings is 1. The summed E-state index contributed by atoms with van der Waals surface area (Å²) < 4.78 is 19.0. The van der Waals surface area contributed by atoms with Gasteiger partial charge in [0.2, 0.25) is 0 Å². The van der Waals surface area contributed by atoms with Crippen molar-refractivity contribution in [1.29, 1.82) is 0 Å². The molecule has 20 heavy (non-hydrogen) atoms. The summed E-state index contributed by atoms with van der Waals surface area (Å²) in [6.45, 7) is 7.40. The monoisotopic (exact) mass is 281 g/mol. The summed E-state index contributed by atoms with van der Waals surface area (Å²) in [4.78, 5) is 0. The first-order chi connectivity index (χ1) is 9.62. The van der Waals surface area contributed by atoms with Gasteiger partial charge in [0.05, 0.1) is 7.11 Å². The molecular formula is C17H28FNO. The summed E-state index contributed by atoms with van der Waals surface area (Å²) in [5, 5.41) is 3.46. The van der Waals surface area contributed by atoms with Crippen molar-refractivity contribution in [1.82, 2.24) is 5.32 Å². The van der Waals surface area contributed by atoms with E-state index in [1.165, 1.54) is 31.7 Å². The molecule has 0 aliphatic rings. The van der Waals surface area contributed by atoms with Crippen molar-refractivity contribution in [3.63, 3.8) is 0 Å². The third kappa shape index (κ3) is 5.12. The Balaban J connectivity index is 2.55. The Morgan fingerprint density at radius 2 is 2.05 bits per heavy atom. The molecule has 2 unspecified atom stereocenters. The molecule has 0 amide bonds. The predicted molar refractivity (Wildman–Crippen MR) is 82.7 cm³/mol. The number of unbranched alkanes of at least 4 members (excludes halogenated alkanes) is 1. The van der Waals surface area contributed by atoms with Gasteiger partial charge < -0.3 is 10.1 Å².